The summed E-state index contributed by atoms with van der Waals surface area (Å²) in [5.41, 5.74) is 0.548. The van der Waals surface area contributed by atoms with Gasteiger partial charge in [-0.05, 0) is 30.0 Å². The van der Waals surface area contributed by atoms with E-state index in [0.29, 0.717) is 5.56 Å². The smallest absolute Gasteiger partial charge is 0.387 e. The zero-order chi connectivity index (χ0) is 16.8. The molecular weight excluding hydrogens is 326 g/mol. The Morgan fingerprint density at radius 2 is 2.00 bits per heavy atom. The molecule has 0 unspecified atom stereocenters. The number of carbonyl (C=O) groups excluding carboxylic acids is 2. The van der Waals surface area contributed by atoms with Gasteiger partial charge in [0.2, 0.25) is 0 Å². The van der Waals surface area contributed by atoms with E-state index in [1.54, 1.807) is 13.0 Å². The molecule has 0 saturated carbocycles. The summed E-state index contributed by atoms with van der Waals surface area (Å²) >= 11 is 1.44. The van der Waals surface area contributed by atoms with Crippen LogP contribution in [0.3, 0.4) is 0 Å². The minimum absolute atomic E-state index is 0.0454. The van der Waals surface area contributed by atoms with Gasteiger partial charge >= 0.3 is 18.4 Å². The van der Waals surface area contributed by atoms with Gasteiger partial charge in [-0.3, -0.25) is 9.59 Å². The Morgan fingerprint density at radius 1 is 1.22 bits per heavy atom. The second-order valence-corrected chi connectivity index (χ2v) is 5.57. The molecule has 0 aliphatic rings. The van der Waals surface area contributed by atoms with Crippen molar-refractivity contribution in [3.63, 3.8) is 0 Å². The summed E-state index contributed by atoms with van der Waals surface area (Å²) in [6.07, 6.45) is 0. The SMILES string of the molecule is Cc1cccc(OC(F)F)c1NC(=O)C(=O)NCc1cccs1. The van der Waals surface area contributed by atoms with E-state index >= 15 is 0 Å². The number of nitrogens with one attached hydrogen (secondary N) is 2. The monoisotopic (exact) mass is 340 g/mol. The van der Waals surface area contributed by atoms with E-state index in [2.05, 4.69) is 15.4 Å². The summed E-state index contributed by atoms with van der Waals surface area (Å²) < 4.78 is 29.1. The van der Waals surface area contributed by atoms with Crippen molar-refractivity contribution in [1.82, 2.24) is 5.32 Å². The van der Waals surface area contributed by atoms with Crippen LogP contribution >= 0.6 is 11.3 Å². The largest absolute Gasteiger partial charge is 0.433 e. The van der Waals surface area contributed by atoms with Crippen molar-refractivity contribution >= 4 is 28.8 Å². The highest BCUT2D eigenvalue weighted by atomic mass is 32.1. The molecule has 0 aliphatic heterocycles. The van der Waals surface area contributed by atoms with Crippen molar-refractivity contribution in [2.45, 2.75) is 20.1 Å². The summed E-state index contributed by atoms with van der Waals surface area (Å²) in [5.74, 6) is -2.00. The number of rotatable bonds is 5. The number of benzene rings is 1. The minimum atomic E-state index is -3.03. The van der Waals surface area contributed by atoms with Crippen LogP contribution < -0.4 is 15.4 Å². The van der Waals surface area contributed by atoms with Crippen molar-refractivity contribution in [1.29, 1.82) is 0 Å². The van der Waals surface area contributed by atoms with E-state index in [1.807, 2.05) is 17.5 Å². The molecule has 0 saturated heterocycles. The maximum absolute atomic E-state index is 12.4. The van der Waals surface area contributed by atoms with Crippen LogP contribution in [0.15, 0.2) is 35.7 Å². The highest BCUT2D eigenvalue weighted by Crippen LogP contribution is 2.29. The van der Waals surface area contributed by atoms with Crippen LogP contribution in [-0.2, 0) is 16.1 Å². The minimum Gasteiger partial charge on any atom is -0.433 e. The Hall–Kier alpha value is -2.48. The van der Waals surface area contributed by atoms with Gasteiger partial charge in [-0.1, -0.05) is 18.2 Å². The molecule has 8 heteroatoms. The Kier molecular flexibility index (Phi) is 5.64. The number of aryl methyl sites for hydroxylation is 1. The van der Waals surface area contributed by atoms with Crippen LogP contribution in [0.25, 0.3) is 0 Å². The molecular formula is C15H14F2N2O3S. The molecule has 0 bridgehead atoms. The number of thiophene rings is 1. The maximum atomic E-state index is 12.4. The van der Waals surface area contributed by atoms with Crippen molar-refractivity contribution in [3.8, 4) is 5.75 Å². The van der Waals surface area contributed by atoms with E-state index in [0.717, 1.165) is 4.88 Å². The second kappa shape index (κ2) is 7.68. The number of alkyl halides is 2. The van der Waals surface area contributed by atoms with E-state index in [-0.39, 0.29) is 18.0 Å². The van der Waals surface area contributed by atoms with Gasteiger partial charge in [0.15, 0.2) is 0 Å². The Morgan fingerprint density at radius 3 is 2.65 bits per heavy atom. The Balaban J connectivity index is 2.03. The third kappa shape index (κ3) is 4.75. The van der Waals surface area contributed by atoms with Crippen LogP contribution in [0.1, 0.15) is 10.4 Å². The number of ether oxygens (including phenoxy) is 1. The first-order valence-electron chi connectivity index (χ1n) is 6.63. The molecule has 2 N–H and O–H groups in total. The molecule has 5 nitrogen and oxygen atoms in total. The number of amides is 2. The molecule has 0 aliphatic carbocycles. The standard InChI is InChI=1S/C15H14F2N2O3S/c1-9-4-2-6-11(22-15(16)17)12(9)19-14(21)13(20)18-8-10-5-3-7-23-10/h2-7,15H,8H2,1H3,(H,18,20)(H,19,21). The van der Waals surface area contributed by atoms with Crippen LogP contribution in [0, 0.1) is 6.92 Å². The number of halogens is 2. The lowest BCUT2D eigenvalue weighted by Crippen LogP contribution is -2.35. The Bertz CT molecular complexity index is 690. The molecule has 1 aromatic heterocycles. The summed E-state index contributed by atoms with van der Waals surface area (Å²) in [5, 5.41) is 6.61. The van der Waals surface area contributed by atoms with Gasteiger partial charge in [-0.2, -0.15) is 8.78 Å². The van der Waals surface area contributed by atoms with Gasteiger partial charge in [0.05, 0.1) is 12.2 Å². The van der Waals surface area contributed by atoms with Gasteiger partial charge < -0.3 is 15.4 Å². The topological polar surface area (TPSA) is 67.4 Å². The summed E-state index contributed by atoms with van der Waals surface area (Å²) in [6, 6.07) is 8.06. The third-order valence-electron chi connectivity index (χ3n) is 2.90. The van der Waals surface area contributed by atoms with Crippen molar-refractivity contribution in [3.05, 3.63) is 46.2 Å². The number of hydrogen-bond acceptors (Lipinski definition) is 4. The van der Waals surface area contributed by atoms with E-state index in [1.165, 1.54) is 23.5 Å². The van der Waals surface area contributed by atoms with Gasteiger partial charge in [-0.25, -0.2) is 0 Å². The maximum Gasteiger partial charge on any atom is 0.387 e. The van der Waals surface area contributed by atoms with E-state index in [9.17, 15) is 18.4 Å². The lowest BCUT2D eigenvalue weighted by atomic mass is 10.2. The zero-order valence-corrected chi connectivity index (χ0v) is 13.0. The number of carbonyl (C=O) groups is 2. The molecule has 1 aromatic carbocycles. The fraction of sp³-hybridized carbons (Fsp3) is 0.200. The highest BCUT2D eigenvalue weighted by molar-refractivity contribution is 7.09. The predicted octanol–water partition coefficient (Wildman–Crippen LogP) is 2.91. The zero-order valence-electron chi connectivity index (χ0n) is 12.1. The first-order valence-corrected chi connectivity index (χ1v) is 7.51. The van der Waals surface area contributed by atoms with E-state index < -0.39 is 18.4 Å². The average Bonchev–Trinajstić information content (AvgIpc) is 3.01. The fourth-order valence-electron chi connectivity index (χ4n) is 1.83. The van der Waals surface area contributed by atoms with Crippen LogP contribution in [0.2, 0.25) is 0 Å². The Labute approximate surface area is 135 Å². The molecule has 2 amide bonds. The summed E-state index contributed by atoms with van der Waals surface area (Å²) in [6.45, 7) is -1.20. The molecule has 0 radical (unpaired) electrons. The molecule has 1 heterocycles. The second-order valence-electron chi connectivity index (χ2n) is 4.54. The molecule has 0 fully saturated rings. The summed E-state index contributed by atoms with van der Waals surface area (Å²) in [7, 11) is 0. The molecule has 122 valence electrons. The van der Waals surface area contributed by atoms with Crippen molar-refractivity contribution in [2.24, 2.45) is 0 Å². The lowest BCUT2D eigenvalue weighted by Gasteiger charge is -2.14. The van der Waals surface area contributed by atoms with Crippen LogP contribution in [0.5, 0.6) is 5.75 Å². The van der Waals surface area contributed by atoms with Gasteiger partial charge in [-0.15, -0.1) is 11.3 Å². The normalized spacial score (nSPS) is 10.4. The fourth-order valence-corrected chi connectivity index (χ4v) is 2.47. The van der Waals surface area contributed by atoms with Gasteiger partial charge in [0, 0.05) is 4.88 Å². The first-order chi connectivity index (χ1) is 11.0. The van der Waals surface area contributed by atoms with Crippen LogP contribution in [-0.4, -0.2) is 18.4 Å². The van der Waals surface area contributed by atoms with Crippen molar-refractivity contribution < 1.29 is 23.1 Å². The highest BCUT2D eigenvalue weighted by Gasteiger charge is 2.18. The lowest BCUT2D eigenvalue weighted by molar-refractivity contribution is -0.136. The first kappa shape index (κ1) is 16.9. The van der Waals surface area contributed by atoms with Gasteiger partial charge in [0.25, 0.3) is 0 Å². The third-order valence-corrected chi connectivity index (χ3v) is 3.78. The molecule has 23 heavy (non-hydrogen) atoms. The molecule has 2 rings (SSSR count). The summed E-state index contributed by atoms with van der Waals surface area (Å²) in [4.78, 5) is 24.6. The van der Waals surface area contributed by atoms with Gasteiger partial charge in [0.1, 0.15) is 5.75 Å². The molecule has 0 spiro atoms. The number of anilines is 1. The quantitative estimate of drug-likeness (QED) is 0.823. The predicted molar refractivity (Wildman–Crippen MR) is 82.6 cm³/mol. The molecule has 0 atom stereocenters. The average molecular weight is 340 g/mol. The number of para-hydroxylation sites is 1. The van der Waals surface area contributed by atoms with E-state index in [4.69, 9.17) is 0 Å². The number of hydrogen-bond donors (Lipinski definition) is 2. The van der Waals surface area contributed by atoms with Crippen LogP contribution in [0.4, 0.5) is 14.5 Å². The molecule has 2 aromatic rings. The van der Waals surface area contributed by atoms with Crippen molar-refractivity contribution in [2.75, 3.05) is 5.32 Å².